The maximum absolute atomic E-state index is 6.08. The molecule has 0 amide bonds. The molecule has 4 heteroatoms. The third kappa shape index (κ3) is 2.17. The van der Waals surface area contributed by atoms with Gasteiger partial charge in [0.25, 0.3) is 0 Å². The highest BCUT2D eigenvalue weighted by molar-refractivity contribution is 5.17. The second-order valence-electron chi connectivity index (χ2n) is 4.07. The van der Waals surface area contributed by atoms with E-state index in [9.17, 15) is 0 Å². The molecule has 16 heavy (non-hydrogen) atoms. The zero-order chi connectivity index (χ0) is 11.5. The van der Waals surface area contributed by atoms with E-state index in [2.05, 4.69) is 4.98 Å². The highest BCUT2D eigenvalue weighted by Crippen LogP contribution is 2.20. The summed E-state index contributed by atoms with van der Waals surface area (Å²) in [6.07, 6.45) is 7.15. The topological polar surface area (TPSA) is 57.0 Å². The fourth-order valence-corrected chi connectivity index (χ4v) is 1.82. The van der Waals surface area contributed by atoms with E-state index in [1.807, 2.05) is 30.8 Å². The Morgan fingerprint density at radius 2 is 2.38 bits per heavy atom. The van der Waals surface area contributed by atoms with E-state index >= 15 is 0 Å². The molecule has 0 spiro atoms. The van der Waals surface area contributed by atoms with Crippen molar-refractivity contribution >= 4 is 0 Å². The molecule has 1 unspecified atom stereocenters. The molecule has 0 radical (unpaired) electrons. The Kier molecular flexibility index (Phi) is 3.10. The molecule has 4 nitrogen and oxygen atoms in total. The lowest BCUT2D eigenvalue weighted by Gasteiger charge is -2.09. The molecule has 0 aliphatic carbocycles. The molecule has 2 heterocycles. The Morgan fingerprint density at radius 3 is 2.94 bits per heavy atom. The number of aryl methyl sites for hydroxylation is 3. The molecule has 2 N–H and O–H groups in total. The Hall–Kier alpha value is -1.55. The van der Waals surface area contributed by atoms with Gasteiger partial charge in [-0.2, -0.15) is 0 Å². The Balaban J connectivity index is 1.97. The molecule has 0 bridgehead atoms. The monoisotopic (exact) mass is 219 g/mol. The average molecular weight is 219 g/mol. The maximum atomic E-state index is 6.08. The van der Waals surface area contributed by atoms with Gasteiger partial charge in [0.05, 0.1) is 12.3 Å². The summed E-state index contributed by atoms with van der Waals surface area (Å²) in [5.74, 6) is 1.94. The molecule has 0 fully saturated rings. The zero-order valence-corrected chi connectivity index (χ0v) is 9.68. The second kappa shape index (κ2) is 4.53. The lowest BCUT2D eigenvalue weighted by atomic mass is 10.1. The molecule has 0 aliphatic heterocycles. The van der Waals surface area contributed by atoms with Crippen LogP contribution in [-0.2, 0) is 13.5 Å². The van der Waals surface area contributed by atoms with E-state index in [0.29, 0.717) is 0 Å². The van der Waals surface area contributed by atoms with Crippen LogP contribution in [0.5, 0.6) is 0 Å². The van der Waals surface area contributed by atoms with E-state index < -0.39 is 0 Å². The molecule has 2 aromatic heterocycles. The van der Waals surface area contributed by atoms with Gasteiger partial charge < -0.3 is 14.7 Å². The predicted molar refractivity (Wildman–Crippen MR) is 61.9 cm³/mol. The first kappa shape index (κ1) is 11.0. The molecule has 86 valence electrons. The summed E-state index contributed by atoms with van der Waals surface area (Å²) in [5, 5.41) is 0. The number of hydrogen-bond acceptors (Lipinski definition) is 3. The number of hydrogen-bond donors (Lipinski definition) is 1. The maximum Gasteiger partial charge on any atom is 0.123 e. The van der Waals surface area contributed by atoms with Crippen LogP contribution in [0.4, 0.5) is 0 Å². The van der Waals surface area contributed by atoms with Crippen molar-refractivity contribution in [1.29, 1.82) is 0 Å². The van der Waals surface area contributed by atoms with Crippen molar-refractivity contribution in [3.05, 3.63) is 41.9 Å². The highest BCUT2D eigenvalue weighted by atomic mass is 16.3. The number of furan rings is 1. The van der Waals surface area contributed by atoms with Crippen LogP contribution in [0.15, 0.2) is 29.1 Å². The van der Waals surface area contributed by atoms with Crippen LogP contribution >= 0.6 is 0 Å². The van der Waals surface area contributed by atoms with Crippen molar-refractivity contribution in [1.82, 2.24) is 9.55 Å². The van der Waals surface area contributed by atoms with Crippen molar-refractivity contribution < 1.29 is 4.42 Å². The van der Waals surface area contributed by atoms with Crippen molar-refractivity contribution in [3.63, 3.8) is 0 Å². The van der Waals surface area contributed by atoms with E-state index in [1.165, 1.54) is 0 Å². The van der Waals surface area contributed by atoms with Crippen LogP contribution in [0, 0.1) is 6.92 Å². The average Bonchev–Trinajstić information content (AvgIpc) is 2.84. The van der Waals surface area contributed by atoms with Gasteiger partial charge in [0.15, 0.2) is 0 Å². The summed E-state index contributed by atoms with van der Waals surface area (Å²) in [5.41, 5.74) is 7.19. The summed E-state index contributed by atoms with van der Waals surface area (Å²) in [4.78, 5) is 4.27. The summed E-state index contributed by atoms with van der Waals surface area (Å²) in [7, 11) is 1.99. The normalized spacial score (nSPS) is 12.9. The fourth-order valence-electron chi connectivity index (χ4n) is 1.82. The first-order chi connectivity index (χ1) is 7.68. The van der Waals surface area contributed by atoms with Gasteiger partial charge in [0.1, 0.15) is 11.6 Å². The quantitative estimate of drug-likeness (QED) is 0.855. The summed E-state index contributed by atoms with van der Waals surface area (Å²) in [6.45, 7) is 2.01. The molecule has 0 aromatic carbocycles. The van der Waals surface area contributed by atoms with Gasteiger partial charge in [0.2, 0.25) is 0 Å². The number of nitrogens with zero attached hydrogens (tertiary/aromatic N) is 2. The summed E-state index contributed by atoms with van der Waals surface area (Å²) in [6, 6.07) is 1.89. The molecule has 2 rings (SSSR count). The standard InChI is InChI=1S/C12H17N3O/c1-9-5-8-16-12(9)10(13)3-4-11-14-6-7-15(11)2/h5-8,10H,3-4,13H2,1-2H3. The van der Waals surface area contributed by atoms with Crippen molar-refractivity contribution in [2.75, 3.05) is 0 Å². The zero-order valence-electron chi connectivity index (χ0n) is 9.68. The number of imidazole rings is 1. The fraction of sp³-hybridized carbons (Fsp3) is 0.417. The minimum Gasteiger partial charge on any atom is -0.467 e. The number of nitrogens with two attached hydrogens (primary N) is 1. The third-order valence-electron chi connectivity index (χ3n) is 2.84. The van der Waals surface area contributed by atoms with Crippen LogP contribution in [0.3, 0.4) is 0 Å². The molecule has 1 atom stereocenters. The molecule has 0 saturated heterocycles. The third-order valence-corrected chi connectivity index (χ3v) is 2.84. The van der Waals surface area contributed by atoms with Crippen molar-refractivity contribution in [3.8, 4) is 0 Å². The van der Waals surface area contributed by atoms with Gasteiger partial charge in [-0.05, 0) is 25.0 Å². The van der Waals surface area contributed by atoms with Crippen LogP contribution in [0.1, 0.15) is 29.6 Å². The molecular formula is C12H17N3O. The SMILES string of the molecule is Cc1ccoc1C(N)CCc1nccn1C. The smallest absolute Gasteiger partial charge is 0.123 e. The Labute approximate surface area is 95.1 Å². The largest absolute Gasteiger partial charge is 0.467 e. The second-order valence-corrected chi connectivity index (χ2v) is 4.07. The van der Waals surface area contributed by atoms with Gasteiger partial charge in [-0.25, -0.2) is 4.98 Å². The van der Waals surface area contributed by atoms with Crippen LogP contribution in [0.2, 0.25) is 0 Å². The summed E-state index contributed by atoms with van der Waals surface area (Å²) >= 11 is 0. The van der Waals surface area contributed by atoms with Gasteiger partial charge in [0, 0.05) is 25.9 Å². The van der Waals surface area contributed by atoms with Crippen LogP contribution < -0.4 is 5.73 Å². The minimum atomic E-state index is -0.0494. The van der Waals surface area contributed by atoms with Crippen molar-refractivity contribution in [2.45, 2.75) is 25.8 Å². The molecule has 0 aliphatic rings. The first-order valence-corrected chi connectivity index (χ1v) is 5.44. The van der Waals surface area contributed by atoms with E-state index in [4.69, 9.17) is 10.2 Å². The lowest BCUT2D eigenvalue weighted by molar-refractivity contribution is 0.446. The van der Waals surface area contributed by atoms with Gasteiger partial charge in [-0.3, -0.25) is 0 Å². The Bertz CT molecular complexity index is 458. The highest BCUT2D eigenvalue weighted by Gasteiger charge is 2.13. The number of aromatic nitrogens is 2. The Morgan fingerprint density at radius 1 is 1.56 bits per heavy atom. The first-order valence-electron chi connectivity index (χ1n) is 5.44. The van der Waals surface area contributed by atoms with Crippen LogP contribution in [0.25, 0.3) is 0 Å². The van der Waals surface area contributed by atoms with Crippen molar-refractivity contribution in [2.24, 2.45) is 12.8 Å². The van der Waals surface area contributed by atoms with Gasteiger partial charge >= 0.3 is 0 Å². The molecular weight excluding hydrogens is 202 g/mol. The van der Waals surface area contributed by atoms with Gasteiger partial charge in [-0.15, -0.1) is 0 Å². The lowest BCUT2D eigenvalue weighted by Crippen LogP contribution is -2.12. The van der Waals surface area contributed by atoms with Gasteiger partial charge in [-0.1, -0.05) is 0 Å². The molecule has 0 saturated carbocycles. The number of rotatable bonds is 4. The van der Waals surface area contributed by atoms with E-state index in [0.717, 1.165) is 30.0 Å². The predicted octanol–water partition coefficient (Wildman–Crippen LogP) is 1.95. The van der Waals surface area contributed by atoms with E-state index in [1.54, 1.807) is 12.5 Å². The molecule has 2 aromatic rings. The van der Waals surface area contributed by atoms with E-state index in [-0.39, 0.29) is 6.04 Å². The minimum absolute atomic E-state index is 0.0494. The van der Waals surface area contributed by atoms with Crippen LogP contribution in [-0.4, -0.2) is 9.55 Å². The summed E-state index contributed by atoms with van der Waals surface area (Å²) < 4.78 is 7.39.